The van der Waals surface area contributed by atoms with Gasteiger partial charge in [0, 0.05) is 37.4 Å². The number of nitrogens with one attached hydrogen (secondary N) is 1. The van der Waals surface area contributed by atoms with Crippen LogP contribution in [0.3, 0.4) is 0 Å². The van der Waals surface area contributed by atoms with Gasteiger partial charge < -0.3 is 19.9 Å². The van der Waals surface area contributed by atoms with Crippen molar-refractivity contribution in [2.45, 2.75) is 19.8 Å². The first-order chi connectivity index (χ1) is 11.2. The molecule has 3 rings (SSSR count). The Kier molecular flexibility index (Phi) is 4.81. The molecule has 6 nitrogen and oxygen atoms in total. The molecule has 0 spiro atoms. The molecular formula is C17H23N3O3. The first kappa shape index (κ1) is 15.8. The van der Waals surface area contributed by atoms with Gasteiger partial charge in [0.05, 0.1) is 13.2 Å². The molecule has 2 saturated heterocycles. The third-order valence-electron chi connectivity index (χ3n) is 4.50. The number of carbonyl (C=O) groups is 2. The lowest BCUT2D eigenvalue weighted by atomic mass is 10.1. The maximum atomic E-state index is 12.7. The van der Waals surface area contributed by atoms with Crippen molar-refractivity contribution >= 4 is 17.6 Å². The topological polar surface area (TPSA) is 61.9 Å². The number of nitrogens with zero attached hydrogens (tertiary/aromatic N) is 2. The number of likely N-dealkylation sites (tertiary alicyclic amines) is 1. The highest BCUT2D eigenvalue weighted by Crippen LogP contribution is 2.22. The van der Waals surface area contributed by atoms with Gasteiger partial charge in [0.2, 0.25) is 0 Å². The standard InChI is InChI=1S/C17H23N3O3/c1-13-14(16(21)19-9-11-23-12-10-19)5-4-6-15(13)18-17(22)20-7-2-3-8-20/h4-6H,2-3,7-12H2,1H3,(H,18,22). The summed E-state index contributed by atoms with van der Waals surface area (Å²) in [5.74, 6) is 0.00284. The molecule has 0 aromatic heterocycles. The number of carbonyl (C=O) groups excluding carboxylic acids is 2. The van der Waals surface area contributed by atoms with E-state index in [1.165, 1.54) is 0 Å². The van der Waals surface area contributed by atoms with Crippen LogP contribution in [0.4, 0.5) is 10.5 Å². The third-order valence-corrected chi connectivity index (χ3v) is 4.50. The summed E-state index contributed by atoms with van der Waals surface area (Å²) in [5, 5.41) is 2.94. The number of anilines is 1. The van der Waals surface area contributed by atoms with E-state index >= 15 is 0 Å². The fourth-order valence-corrected chi connectivity index (χ4v) is 3.05. The van der Waals surface area contributed by atoms with Gasteiger partial charge in [-0.25, -0.2) is 4.79 Å². The molecule has 1 N–H and O–H groups in total. The normalized spacial score (nSPS) is 18.1. The highest BCUT2D eigenvalue weighted by molar-refractivity contribution is 5.99. The Morgan fingerprint density at radius 2 is 1.74 bits per heavy atom. The van der Waals surface area contributed by atoms with Crippen molar-refractivity contribution in [2.75, 3.05) is 44.7 Å². The molecule has 6 heteroatoms. The Bertz CT molecular complexity index is 591. The second kappa shape index (κ2) is 7.00. The zero-order valence-corrected chi connectivity index (χ0v) is 13.5. The van der Waals surface area contributed by atoms with Crippen LogP contribution in [-0.2, 0) is 4.74 Å². The molecule has 0 atom stereocenters. The SMILES string of the molecule is Cc1c(NC(=O)N2CCCC2)cccc1C(=O)N1CCOCC1. The number of amides is 3. The summed E-state index contributed by atoms with van der Waals surface area (Å²) in [5.41, 5.74) is 2.17. The molecule has 124 valence electrons. The van der Waals surface area contributed by atoms with E-state index in [9.17, 15) is 9.59 Å². The molecule has 1 aromatic carbocycles. The Labute approximate surface area is 136 Å². The maximum Gasteiger partial charge on any atom is 0.321 e. The molecule has 23 heavy (non-hydrogen) atoms. The molecule has 0 saturated carbocycles. The molecule has 2 aliphatic rings. The van der Waals surface area contributed by atoms with Crippen molar-refractivity contribution in [3.8, 4) is 0 Å². The van der Waals surface area contributed by atoms with E-state index in [0.29, 0.717) is 37.6 Å². The maximum absolute atomic E-state index is 12.7. The van der Waals surface area contributed by atoms with E-state index in [-0.39, 0.29) is 11.9 Å². The molecule has 0 bridgehead atoms. The molecule has 0 radical (unpaired) electrons. The average Bonchev–Trinajstić information content (AvgIpc) is 3.11. The molecule has 1 aromatic rings. The van der Waals surface area contributed by atoms with Gasteiger partial charge in [0.25, 0.3) is 5.91 Å². The summed E-state index contributed by atoms with van der Waals surface area (Å²) in [6, 6.07) is 5.40. The zero-order chi connectivity index (χ0) is 16.2. The number of benzene rings is 1. The Morgan fingerprint density at radius 3 is 2.43 bits per heavy atom. The zero-order valence-electron chi connectivity index (χ0n) is 13.5. The van der Waals surface area contributed by atoms with E-state index in [2.05, 4.69) is 5.32 Å². The number of rotatable bonds is 2. The Balaban J connectivity index is 1.74. The van der Waals surface area contributed by atoms with Crippen molar-refractivity contribution in [1.29, 1.82) is 0 Å². The average molecular weight is 317 g/mol. The fourth-order valence-electron chi connectivity index (χ4n) is 3.05. The first-order valence-corrected chi connectivity index (χ1v) is 8.19. The predicted octanol–water partition coefficient (Wildman–Crippen LogP) is 2.10. The van der Waals surface area contributed by atoms with Crippen LogP contribution in [0.1, 0.15) is 28.8 Å². The Morgan fingerprint density at radius 1 is 1.04 bits per heavy atom. The lowest BCUT2D eigenvalue weighted by Gasteiger charge is -2.27. The van der Waals surface area contributed by atoms with E-state index in [1.807, 2.05) is 30.0 Å². The smallest absolute Gasteiger partial charge is 0.321 e. The molecule has 0 unspecified atom stereocenters. The number of ether oxygens (including phenoxy) is 1. The second-order valence-electron chi connectivity index (χ2n) is 6.01. The first-order valence-electron chi connectivity index (χ1n) is 8.19. The van der Waals surface area contributed by atoms with Crippen LogP contribution in [0.2, 0.25) is 0 Å². The Hall–Kier alpha value is -2.08. The summed E-state index contributed by atoms with van der Waals surface area (Å²) in [6.45, 7) is 5.87. The molecule has 0 aliphatic carbocycles. The second-order valence-corrected chi connectivity index (χ2v) is 6.01. The van der Waals surface area contributed by atoms with Gasteiger partial charge in [0.1, 0.15) is 0 Å². The lowest BCUT2D eigenvalue weighted by molar-refractivity contribution is 0.0302. The van der Waals surface area contributed by atoms with Crippen LogP contribution in [-0.4, -0.2) is 61.1 Å². The minimum Gasteiger partial charge on any atom is -0.378 e. The van der Waals surface area contributed by atoms with E-state index in [4.69, 9.17) is 4.74 Å². The van der Waals surface area contributed by atoms with Crippen molar-refractivity contribution in [3.63, 3.8) is 0 Å². The number of morpholine rings is 1. The van der Waals surface area contributed by atoms with Crippen LogP contribution in [0.15, 0.2) is 18.2 Å². The van der Waals surface area contributed by atoms with Gasteiger partial charge in [-0.3, -0.25) is 4.79 Å². The minimum atomic E-state index is -0.0819. The number of hydrogen-bond acceptors (Lipinski definition) is 3. The van der Waals surface area contributed by atoms with E-state index in [0.717, 1.165) is 31.5 Å². The number of hydrogen-bond donors (Lipinski definition) is 1. The van der Waals surface area contributed by atoms with Crippen LogP contribution in [0.5, 0.6) is 0 Å². The summed E-state index contributed by atoms with van der Waals surface area (Å²) in [7, 11) is 0. The van der Waals surface area contributed by atoms with Gasteiger partial charge >= 0.3 is 6.03 Å². The van der Waals surface area contributed by atoms with E-state index in [1.54, 1.807) is 4.90 Å². The third kappa shape index (κ3) is 3.47. The molecular weight excluding hydrogens is 294 g/mol. The minimum absolute atomic E-state index is 0.00284. The quantitative estimate of drug-likeness (QED) is 0.908. The number of urea groups is 1. The lowest BCUT2D eigenvalue weighted by Crippen LogP contribution is -2.41. The van der Waals surface area contributed by atoms with Crippen molar-refractivity contribution in [1.82, 2.24) is 9.80 Å². The fraction of sp³-hybridized carbons (Fsp3) is 0.529. The predicted molar refractivity (Wildman–Crippen MR) is 87.7 cm³/mol. The van der Waals surface area contributed by atoms with Gasteiger partial charge in [0.15, 0.2) is 0 Å². The highest BCUT2D eigenvalue weighted by atomic mass is 16.5. The van der Waals surface area contributed by atoms with Crippen LogP contribution in [0.25, 0.3) is 0 Å². The molecule has 3 amide bonds. The van der Waals surface area contributed by atoms with Gasteiger partial charge in [-0.05, 0) is 37.5 Å². The van der Waals surface area contributed by atoms with Crippen LogP contribution < -0.4 is 5.32 Å². The summed E-state index contributed by atoms with van der Waals surface area (Å²) in [6.07, 6.45) is 2.11. The highest BCUT2D eigenvalue weighted by Gasteiger charge is 2.22. The van der Waals surface area contributed by atoms with Crippen molar-refractivity contribution in [3.05, 3.63) is 29.3 Å². The monoisotopic (exact) mass is 317 g/mol. The summed E-state index contributed by atoms with van der Waals surface area (Å²) >= 11 is 0. The summed E-state index contributed by atoms with van der Waals surface area (Å²) < 4.78 is 5.29. The molecule has 2 aliphatic heterocycles. The summed E-state index contributed by atoms with van der Waals surface area (Å²) in [4.78, 5) is 28.5. The van der Waals surface area contributed by atoms with Gasteiger partial charge in [-0.15, -0.1) is 0 Å². The molecule has 2 heterocycles. The molecule has 2 fully saturated rings. The van der Waals surface area contributed by atoms with Gasteiger partial charge in [-0.1, -0.05) is 6.07 Å². The van der Waals surface area contributed by atoms with Crippen LogP contribution in [0, 0.1) is 6.92 Å². The largest absolute Gasteiger partial charge is 0.378 e. The van der Waals surface area contributed by atoms with Gasteiger partial charge in [-0.2, -0.15) is 0 Å². The van der Waals surface area contributed by atoms with E-state index < -0.39 is 0 Å². The van der Waals surface area contributed by atoms with Crippen LogP contribution >= 0.6 is 0 Å². The van der Waals surface area contributed by atoms with Crippen molar-refractivity contribution < 1.29 is 14.3 Å². The van der Waals surface area contributed by atoms with Crippen molar-refractivity contribution in [2.24, 2.45) is 0 Å².